The van der Waals surface area contributed by atoms with E-state index in [0.29, 0.717) is 37.9 Å². The number of alkyl halides is 2. The third-order valence-corrected chi connectivity index (χ3v) is 8.35. The van der Waals surface area contributed by atoms with Crippen LogP contribution in [-0.2, 0) is 11.2 Å². The van der Waals surface area contributed by atoms with Gasteiger partial charge in [0.1, 0.15) is 11.9 Å². The number of rotatable bonds is 9. The number of morpholine rings is 1. The number of ether oxygens (including phenoxy) is 1. The molecule has 37 heavy (non-hydrogen) atoms. The molecular formula is C28H42F2N6O. The fourth-order valence-electron chi connectivity index (χ4n) is 5.77. The lowest BCUT2D eigenvalue weighted by molar-refractivity contribution is -0.0179. The van der Waals surface area contributed by atoms with Crippen molar-refractivity contribution < 1.29 is 13.5 Å². The molecule has 0 radical (unpaired) electrons. The molecule has 0 bridgehead atoms. The van der Waals surface area contributed by atoms with Gasteiger partial charge in [-0.15, -0.1) is 0 Å². The van der Waals surface area contributed by atoms with Gasteiger partial charge in [0.25, 0.3) is 0 Å². The summed E-state index contributed by atoms with van der Waals surface area (Å²) in [4.78, 5) is 12.5. The van der Waals surface area contributed by atoms with Crippen LogP contribution in [0.3, 0.4) is 0 Å². The number of nitrogens with zero attached hydrogens (tertiary/aromatic N) is 5. The zero-order chi connectivity index (χ0) is 26.1. The topological polar surface area (TPSA) is 68.1 Å². The van der Waals surface area contributed by atoms with Crippen LogP contribution in [0.15, 0.2) is 12.4 Å². The first-order chi connectivity index (χ1) is 17.9. The molecule has 5 rings (SSSR count). The molecule has 3 heterocycles. The zero-order valence-corrected chi connectivity index (χ0v) is 22.7. The lowest BCUT2D eigenvalue weighted by atomic mass is 9.79. The first kappa shape index (κ1) is 26.3. The molecule has 1 aliphatic heterocycles. The van der Waals surface area contributed by atoms with Crippen molar-refractivity contribution in [3.63, 3.8) is 0 Å². The SMILES string of the molecule is CCc1c(NC(C)CC)nc(N2C[C@@H](C)O[C@@H](c3cnn(C4CC4)c3)C2)nc1C1CCC(C(F)F)CC1. The van der Waals surface area contributed by atoms with Crippen LogP contribution in [0.2, 0.25) is 0 Å². The van der Waals surface area contributed by atoms with Crippen molar-refractivity contribution in [3.8, 4) is 0 Å². The number of anilines is 2. The van der Waals surface area contributed by atoms with Crippen molar-refractivity contribution >= 4 is 11.8 Å². The Bertz CT molecular complexity index is 1050. The summed E-state index contributed by atoms with van der Waals surface area (Å²) in [5.41, 5.74) is 3.27. The monoisotopic (exact) mass is 516 g/mol. The molecule has 7 nitrogen and oxygen atoms in total. The Morgan fingerprint density at radius 2 is 1.84 bits per heavy atom. The highest BCUT2D eigenvalue weighted by Gasteiger charge is 2.34. The molecule has 2 aliphatic carbocycles. The Balaban J connectivity index is 1.44. The number of hydrogen-bond donors (Lipinski definition) is 1. The lowest BCUT2D eigenvalue weighted by Gasteiger charge is -2.37. The predicted octanol–water partition coefficient (Wildman–Crippen LogP) is 6.29. The standard InChI is InChI=1S/C28H42F2N6O/c1-5-17(3)32-27-23(6-2)25(19-7-9-20(10-8-19)26(29)30)33-28(34-27)35-14-18(4)37-24(16-35)21-13-31-36(15-21)22-11-12-22/h13,15,17-20,22,24,26H,5-12,14,16H2,1-4H3,(H,32,33,34)/t17?,18-,19?,20?,24-/m1/s1. The van der Waals surface area contributed by atoms with E-state index in [1.807, 2.05) is 6.20 Å². The van der Waals surface area contributed by atoms with Gasteiger partial charge < -0.3 is 15.0 Å². The van der Waals surface area contributed by atoms with Gasteiger partial charge in [0.05, 0.1) is 30.6 Å². The molecule has 2 aromatic rings. The summed E-state index contributed by atoms with van der Waals surface area (Å²) in [6.07, 6.45) is 8.56. The van der Waals surface area contributed by atoms with Gasteiger partial charge in [-0.1, -0.05) is 13.8 Å². The lowest BCUT2D eigenvalue weighted by Crippen LogP contribution is -2.44. The van der Waals surface area contributed by atoms with Crippen LogP contribution in [0.25, 0.3) is 0 Å². The highest BCUT2D eigenvalue weighted by Crippen LogP contribution is 2.41. The molecule has 1 unspecified atom stereocenters. The Morgan fingerprint density at radius 1 is 1.08 bits per heavy atom. The van der Waals surface area contributed by atoms with Crippen LogP contribution >= 0.6 is 0 Å². The van der Waals surface area contributed by atoms with E-state index in [9.17, 15) is 8.78 Å². The minimum absolute atomic E-state index is 0.0216. The second-order valence-corrected chi connectivity index (χ2v) is 11.3. The molecule has 204 valence electrons. The average Bonchev–Trinajstić information content (AvgIpc) is 3.63. The fourth-order valence-corrected chi connectivity index (χ4v) is 5.77. The smallest absolute Gasteiger partial charge is 0.241 e. The maximum absolute atomic E-state index is 13.4. The number of halogens is 2. The van der Waals surface area contributed by atoms with Crippen LogP contribution in [0, 0.1) is 5.92 Å². The number of aromatic nitrogens is 4. The average molecular weight is 517 g/mol. The molecule has 2 saturated carbocycles. The van der Waals surface area contributed by atoms with E-state index in [2.05, 4.69) is 53.9 Å². The Labute approximate surface area is 219 Å². The molecule has 2 aromatic heterocycles. The molecule has 0 aromatic carbocycles. The largest absolute Gasteiger partial charge is 0.367 e. The van der Waals surface area contributed by atoms with Gasteiger partial charge in [-0.3, -0.25) is 4.68 Å². The van der Waals surface area contributed by atoms with E-state index in [4.69, 9.17) is 14.7 Å². The first-order valence-electron chi connectivity index (χ1n) is 14.3. The Hall–Kier alpha value is -2.29. The van der Waals surface area contributed by atoms with Crippen LogP contribution in [0.1, 0.15) is 108 Å². The Morgan fingerprint density at radius 3 is 2.49 bits per heavy atom. The van der Waals surface area contributed by atoms with Crippen molar-refractivity contribution in [1.82, 2.24) is 19.7 Å². The number of hydrogen-bond acceptors (Lipinski definition) is 6. The maximum atomic E-state index is 13.4. The van der Waals surface area contributed by atoms with Gasteiger partial charge in [-0.2, -0.15) is 10.1 Å². The summed E-state index contributed by atoms with van der Waals surface area (Å²) >= 11 is 0. The van der Waals surface area contributed by atoms with E-state index in [-0.39, 0.29) is 24.2 Å². The van der Waals surface area contributed by atoms with Crippen LogP contribution in [0.5, 0.6) is 0 Å². The maximum Gasteiger partial charge on any atom is 0.241 e. The van der Waals surface area contributed by atoms with Crippen molar-refractivity contribution in [3.05, 3.63) is 29.2 Å². The molecule has 0 spiro atoms. The molecule has 1 saturated heterocycles. The molecule has 3 fully saturated rings. The van der Waals surface area contributed by atoms with Crippen LogP contribution < -0.4 is 10.2 Å². The normalized spacial score (nSPS) is 27.5. The minimum Gasteiger partial charge on any atom is -0.367 e. The molecule has 1 N–H and O–H groups in total. The highest BCUT2D eigenvalue weighted by atomic mass is 19.3. The summed E-state index contributed by atoms with van der Waals surface area (Å²) < 4.78 is 35.1. The van der Waals surface area contributed by atoms with E-state index >= 15 is 0 Å². The summed E-state index contributed by atoms with van der Waals surface area (Å²) in [6, 6.07) is 0.813. The van der Waals surface area contributed by atoms with Crippen molar-refractivity contribution in [1.29, 1.82) is 0 Å². The first-order valence-corrected chi connectivity index (χ1v) is 14.3. The minimum atomic E-state index is -2.23. The van der Waals surface area contributed by atoms with Gasteiger partial charge in [-0.25, -0.2) is 13.8 Å². The third kappa shape index (κ3) is 5.91. The van der Waals surface area contributed by atoms with Gasteiger partial charge in [0.2, 0.25) is 12.4 Å². The molecule has 3 atom stereocenters. The zero-order valence-electron chi connectivity index (χ0n) is 22.7. The Kier molecular flexibility index (Phi) is 7.98. The third-order valence-electron chi connectivity index (χ3n) is 8.35. The van der Waals surface area contributed by atoms with Gasteiger partial charge in [-0.05, 0) is 65.2 Å². The van der Waals surface area contributed by atoms with Gasteiger partial charge >= 0.3 is 0 Å². The summed E-state index contributed by atoms with van der Waals surface area (Å²) in [6.45, 7) is 9.92. The molecular weight excluding hydrogens is 474 g/mol. The second-order valence-electron chi connectivity index (χ2n) is 11.3. The van der Waals surface area contributed by atoms with E-state index in [1.54, 1.807) is 0 Å². The van der Waals surface area contributed by atoms with Gasteiger partial charge in [0, 0.05) is 41.7 Å². The number of nitrogens with one attached hydrogen (secondary N) is 1. The molecule has 3 aliphatic rings. The quantitative estimate of drug-likeness (QED) is 0.423. The fraction of sp³-hybridized carbons (Fsp3) is 0.750. The van der Waals surface area contributed by atoms with E-state index in [0.717, 1.165) is 48.3 Å². The van der Waals surface area contributed by atoms with Crippen LogP contribution in [0.4, 0.5) is 20.5 Å². The van der Waals surface area contributed by atoms with Crippen LogP contribution in [-0.4, -0.2) is 51.4 Å². The van der Waals surface area contributed by atoms with Gasteiger partial charge in [0.15, 0.2) is 0 Å². The van der Waals surface area contributed by atoms with Crippen molar-refractivity contribution in [2.24, 2.45) is 5.92 Å². The van der Waals surface area contributed by atoms with E-state index in [1.165, 1.54) is 12.8 Å². The highest BCUT2D eigenvalue weighted by molar-refractivity contribution is 5.53. The van der Waals surface area contributed by atoms with E-state index < -0.39 is 12.3 Å². The predicted molar refractivity (Wildman–Crippen MR) is 141 cm³/mol. The summed E-state index contributed by atoms with van der Waals surface area (Å²) in [5.74, 6) is 1.31. The second kappa shape index (κ2) is 11.2. The van der Waals surface area contributed by atoms with Crippen molar-refractivity contribution in [2.75, 3.05) is 23.3 Å². The summed E-state index contributed by atoms with van der Waals surface area (Å²) in [5, 5.41) is 8.20. The summed E-state index contributed by atoms with van der Waals surface area (Å²) in [7, 11) is 0. The molecule has 0 amide bonds. The van der Waals surface area contributed by atoms with Crippen molar-refractivity contribution in [2.45, 2.75) is 116 Å². The molecule has 9 heteroatoms.